The van der Waals surface area contributed by atoms with E-state index in [0.29, 0.717) is 24.6 Å². The number of hydrogen-bond donors (Lipinski definition) is 1. The van der Waals surface area contributed by atoms with Crippen LogP contribution in [0.2, 0.25) is 0 Å². The summed E-state index contributed by atoms with van der Waals surface area (Å²) in [4.78, 5) is 12.5. The average molecular weight is 470 g/mol. The number of rotatable bonds is 4. The van der Waals surface area contributed by atoms with E-state index in [0.717, 1.165) is 34.1 Å². The Morgan fingerprint density at radius 1 is 0.909 bits per heavy atom. The number of piperidine rings is 1. The molecule has 0 aliphatic carbocycles. The molecule has 0 atom stereocenters. The number of carbonyl (C=O) groups is 1. The number of para-hydroxylation sites is 1. The molecule has 0 bridgehead atoms. The Hall–Kier alpha value is -3.30. The second-order valence-electron chi connectivity index (χ2n) is 8.05. The van der Waals surface area contributed by atoms with Crippen LogP contribution in [0, 0.1) is 17.6 Å². The Morgan fingerprint density at radius 2 is 1.64 bits per heavy atom. The van der Waals surface area contributed by atoms with Crippen LogP contribution in [-0.2, 0) is 14.8 Å². The molecule has 6 nitrogen and oxygen atoms in total. The lowest BCUT2D eigenvalue weighted by Crippen LogP contribution is -2.41. The second kappa shape index (κ2) is 8.24. The number of nitrogens with zero attached hydrogens (tertiary/aromatic N) is 1. The number of sulfonamides is 1. The van der Waals surface area contributed by atoms with Gasteiger partial charge in [0.1, 0.15) is 11.2 Å². The van der Waals surface area contributed by atoms with E-state index in [2.05, 4.69) is 5.32 Å². The van der Waals surface area contributed by atoms with Crippen LogP contribution in [0.5, 0.6) is 0 Å². The number of carbonyl (C=O) groups excluding carboxylic acids is 1. The molecule has 2 heterocycles. The van der Waals surface area contributed by atoms with Gasteiger partial charge in [-0.2, -0.15) is 4.31 Å². The molecule has 1 amide bonds. The summed E-state index contributed by atoms with van der Waals surface area (Å²) in [6.45, 7) is 0.232. The molecule has 3 aromatic carbocycles. The Labute approximate surface area is 188 Å². The van der Waals surface area contributed by atoms with E-state index >= 15 is 0 Å². The van der Waals surface area contributed by atoms with Gasteiger partial charge in [-0.1, -0.05) is 18.2 Å². The normalized spacial score (nSPS) is 15.8. The van der Waals surface area contributed by atoms with Gasteiger partial charge in [-0.25, -0.2) is 17.2 Å². The molecule has 1 aliphatic heterocycles. The number of benzene rings is 3. The number of furan rings is 1. The van der Waals surface area contributed by atoms with Crippen LogP contribution in [0.4, 0.5) is 14.5 Å². The smallest absolute Gasteiger partial charge is 0.243 e. The largest absolute Gasteiger partial charge is 0.456 e. The van der Waals surface area contributed by atoms with Crippen LogP contribution < -0.4 is 5.32 Å². The van der Waals surface area contributed by atoms with Crippen molar-refractivity contribution < 1.29 is 26.4 Å². The first-order chi connectivity index (χ1) is 15.8. The number of hydrogen-bond acceptors (Lipinski definition) is 4. The van der Waals surface area contributed by atoms with Crippen molar-refractivity contribution in [3.63, 3.8) is 0 Å². The van der Waals surface area contributed by atoms with Gasteiger partial charge >= 0.3 is 0 Å². The third-order valence-corrected chi connectivity index (χ3v) is 7.89. The zero-order chi connectivity index (χ0) is 23.2. The van der Waals surface area contributed by atoms with Gasteiger partial charge in [-0.3, -0.25) is 4.79 Å². The summed E-state index contributed by atoms with van der Waals surface area (Å²) in [5.41, 5.74) is 2.13. The van der Waals surface area contributed by atoms with Gasteiger partial charge in [0.05, 0.1) is 4.90 Å². The lowest BCUT2D eigenvalue weighted by atomic mass is 9.97. The Bertz CT molecular complexity index is 1470. The number of anilines is 1. The molecule has 1 saturated heterocycles. The highest BCUT2D eigenvalue weighted by Crippen LogP contribution is 2.31. The van der Waals surface area contributed by atoms with Crippen LogP contribution in [0.15, 0.2) is 70.0 Å². The van der Waals surface area contributed by atoms with E-state index in [4.69, 9.17) is 4.42 Å². The van der Waals surface area contributed by atoms with Crippen molar-refractivity contribution in [3.8, 4) is 0 Å². The third-order valence-electron chi connectivity index (χ3n) is 6.00. The lowest BCUT2D eigenvalue weighted by Gasteiger charge is -2.30. The fourth-order valence-electron chi connectivity index (χ4n) is 4.19. The fraction of sp³-hybridized carbons (Fsp3) is 0.208. The molecular formula is C24H20F2N2O4S. The fourth-order valence-corrected chi connectivity index (χ4v) is 5.67. The first kappa shape index (κ1) is 21.5. The molecule has 1 aliphatic rings. The summed E-state index contributed by atoms with van der Waals surface area (Å²) >= 11 is 0. The summed E-state index contributed by atoms with van der Waals surface area (Å²) in [7, 11) is -3.96. The van der Waals surface area contributed by atoms with Crippen LogP contribution in [0.25, 0.3) is 21.9 Å². The van der Waals surface area contributed by atoms with Crippen molar-refractivity contribution in [2.45, 2.75) is 17.7 Å². The molecule has 4 aromatic rings. The zero-order valence-corrected chi connectivity index (χ0v) is 18.2. The van der Waals surface area contributed by atoms with E-state index in [1.807, 2.05) is 36.4 Å². The van der Waals surface area contributed by atoms with Crippen molar-refractivity contribution in [2.24, 2.45) is 5.92 Å². The van der Waals surface area contributed by atoms with Gasteiger partial charge in [0, 0.05) is 35.5 Å². The number of halogens is 2. The lowest BCUT2D eigenvalue weighted by molar-refractivity contribution is -0.120. The van der Waals surface area contributed by atoms with Crippen molar-refractivity contribution in [1.82, 2.24) is 4.31 Å². The third kappa shape index (κ3) is 3.98. The van der Waals surface area contributed by atoms with Crippen LogP contribution >= 0.6 is 0 Å². The highest BCUT2D eigenvalue weighted by Gasteiger charge is 2.32. The van der Waals surface area contributed by atoms with Gasteiger partial charge in [-0.15, -0.1) is 0 Å². The molecule has 0 radical (unpaired) electrons. The van der Waals surface area contributed by atoms with E-state index in [9.17, 15) is 22.0 Å². The van der Waals surface area contributed by atoms with Gasteiger partial charge in [0.25, 0.3) is 0 Å². The molecule has 0 saturated carbocycles. The molecular weight excluding hydrogens is 450 g/mol. The van der Waals surface area contributed by atoms with Gasteiger partial charge < -0.3 is 9.73 Å². The molecule has 1 aromatic heterocycles. The first-order valence-electron chi connectivity index (χ1n) is 10.5. The topological polar surface area (TPSA) is 79.6 Å². The first-order valence-corrected chi connectivity index (χ1v) is 11.9. The van der Waals surface area contributed by atoms with Gasteiger partial charge in [0.2, 0.25) is 15.9 Å². The summed E-state index contributed by atoms with van der Waals surface area (Å²) in [5.74, 6) is -2.87. The molecule has 170 valence electrons. The van der Waals surface area contributed by atoms with Gasteiger partial charge in [0.15, 0.2) is 11.6 Å². The quantitative estimate of drug-likeness (QED) is 0.460. The number of amides is 1. The predicted molar refractivity (Wildman–Crippen MR) is 120 cm³/mol. The number of nitrogens with one attached hydrogen (secondary N) is 1. The highest BCUT2D eigenvalue weighted by atomic mass is 32.2. The standard InChI is InChI=1S/C24H20F2N2O4S/c25-20-7-6-17(14-21(20)26)33(30,31)28-11-9-15(10-12-28)24(29)27-16-5-8-23-19(13-16)18-3-1-2-4-22(18)32-23/h1-8,13-15H,9-12H2,(H,27,29). The predicted octanol–water partition coefficient (Wildman–Crippen LogP) is 4.90. The molecule has 33 heavy (non-hydrogen) atoms. The molecule has 5 rings (SSSR count). The molecule has 1 N–H and O–H groups in total. The maximum Gasteiger partial charge on any atom is 0.243 e. The summed E-state index contributed by atoms with van der Waals surface area (Å²) in [6, 6.07) is 15.6. The van der Waals surface area contributed by atoms with Crippen LogP contribution in [0.1, 0.15) is 12.8 Å². The molecule has 0 spiro atoms. The minimum Gasteiger partial charge on any atom is -0.456 e. The number of fused-ring (bicyclic) bond motifs is 3. The van der Waals surface area contributed by atoms with Crippen LogP contribution in [-0.4, -0.2) is 31.7 Å². The summed E-state index contributed by atoms with van der Waals surface area (Å²) in [5, 5.41) is 4.77. The average Bonchev–Trinajstić information content (AvgIpc) is 3.19. The molecule has 0 unspecified atom stereocenters. The van der Waals surface area contributed by atoms with Crippen molar-refractivity contribution in [3.05, 3.63) is 72.3 Å². The summed E-state index contributed by atoms with van der Waals surface area (Å²) in [6.07, 6.45) is 0.650. The zero-order valence-electron chi connectivity index (χ0n) is 17.4. The maximum absolute atomic E-state index is 13.5. The monoisotopic (exact) mass is 470 g/mol. The van der Waals surface area contributed by atoms with E-state index in [1.54, 1.807) is 6.07 Å². The van der Waals surface area contributed by atoms with Crippen molar-refractivity contribution in [2.75, 3.05) is 18.4 Å². The Kier molecular flexibility index (Phi) is 5.38. The maximum atomic E-state index is 13.5. The van der Waals surface area contributed by atoms with E-state index in [-0.39, 0.29) is 29.8 Å². The molecule has 1 fully saturated rings. The highest BCUT2D eigenvalue weighted by molar-refractivity contribution is 7.89. The van der Waals surface area contributed by atoms with Crippen molar-refractivity contribution >= 4 is 43.6 Å². The minimum atomic E-state index is -3.96. The Balaban J connectivity index is 1.27. The second-order valence-corrected chi connectivity index (χ2v) is 9.99. The molecule has 9 heteroatoms. The van der Waals surface area contributed by atoms with Gasteiger partial charge in [-0.05, 0) is 55.3 Å². The Morgan fingerprint density at radius 3 is 2.39 bits per heavy atom. The van der Waals surface area contributed by atoms with E-state index < -0.39 is 21.7 Å². The van der Waals surface area contributed by atoms with Crippen molar-refractivity contribution in [1.29, 1.82) is 0 Å². The summed E-state index contributed by atoms with van der Waals surface area (Å²) < 4.78 is 59.2. The SMILES string of the molecule is O=C(Nc1ccc2oc3ccccc3c2c1)C1CCN(S(=O)(=O)c2ccc(F)c(F)c2)CC1. The minimum absolute atomic E-state index is 0.116. The van der Waals surface area contributed by atoms with Crippen LogP contribution in [0.3, 0.4) is 0 Å². The van der Waals surface area contributed by atoms with E-state index in [1.165, 1.54) is 4.31 Å².